The highest BCUT2D eigenvalue weighted by Gasteiger charge is 2.28. The zero-order chi connectivity index (χ0) is 13.5. The second kappa shape index (κ2) is 7.50. The summed E-state index contributed by atoms with van der Waals surface area (Å²) in [5, 5.41) is 6.14. The van der Waals surface area contributed by atoms with E-state index < -0.39 is 0 Å². The first-order valence-corrected chi connectivity index (χ1v) is 7.42. The van der Waals surface area contributed by atoms with Crippen LogP contribution in [0.5, 0.6) is 5.75 Å². The fourth-order valence-corrected chi connectivity index (χ4v) is 1.93. The smallest absolute Gasteiger partial charge is 0.223 e. The molecule has 1 saturated carbocycles. The van der Waals surface area contributed by atoms with Gasteiger partial charge >= 0.3 is 0 Å². The minimum Gasteiger partial charge on any atom is -0.492 e. The first-order chi connectivity index (χ1) is 9.25. The SMILES string of the molecule is O=C(NCCNCCOc1ccc(Br)cc1)C1CC1. The topological polar surface area (TPSA) is 50.4 Å². The first-order valence-electron chi connectivity index (χ1n) is 6.62. The standard InChI is InChI=1S/C14H19BrN2O2/c15-12-3-5-13(6-4-12)19-10-9-16-7-8-17-14(18)11-1-2-11/h3-6,11,16H,1-2,7-10H2,(H,17,18). The Kier molecular flexibility index (Phi) is 5.66. The molecule has 1 aromatic carbocycles. The molecule has 0 saturated heterocycles. The van der Waals surface area contributed by atoms with Crippen molar-refractivity contribution in [3.8, 4) is 5.75 Å². The highest BCUT2D eigenvalue weighted by molar-refractivity contribution is 9.10. The zero-order valence-corrected chi connectivity index (χ0v) is 12.4. The van der Waals surface area contributed by atoms with Crippen LogP contribution in [0.25, 0.3) is 0 Å². The highest BCUT2D eigenvalue weighted by atomic mass is 79.9. The lowest BCUT2D eigenvalue weighted by Crippen LogP contribution is -2.34. The number of benzene rings is 1. The van der Waals surface area contributed by atoms with E-state index in [2.05, 4.69) is 26.6 Å². The van der Waals surface area contributed by atoms with Crippen LogP contribution >= 0.6 is 15.9 Å². The average molecular weight is 327 g/mol. The fraction of sp³-hybridized carbons (Fsp3) is 0.500. The molecular formula is C14H19BrN2O2. The van der Waals surface area contributed by atoms with Gasteiger partial charge in [-0.05, 0) is 37.1 Å². The second-order valence-corrected chi connectivity index (χ2v) is 5.53. The number of carbonyl (C=O) groups excluding carboxylic acids is 1. The molecule has 1 aromatic rings. The summed E-state index contributed by atoms with van der Waals surface area (Å²) >= 11 is 3.38. The monoisotopic (exact) mass is 326 g/mol. The average Bonchev–Trinajstić information content (AvgIpc) is 3.24. The number of hydrogen-bond donors (Lipinski definition) is 2. The van der Waals surface area contributed by atoms with E-state index in [0.29, 0.717) is 19.1 Å². The molecule has 2 N–H and O–H groups in total. The van der Waals surface area contributed by atoms with Crippen molar-refractivity contribution in [2.24, 2.45) is 5.92 Å². The van der Waals surface area contributed by atoms with Gasteiger partial charge in [0.2, 0.25) is 5.91 Å². The summed E-state index contributed by atoms with van der Waals surface area (Å²) in [6, 6.07) is 7.77. The predicted octanol–water partition coefficient (Wildman–Crippen LogP) is 1.94. The Morgan fingerprint density at radius 3 is 2.63 bits per heavy atom. The molecule has 1 amide bonds. The van der Waals surface area contributed by atoms with Gasteiger partial charge in [0, 0.05) is 30.0 Å². The Morgan fingerprint density at radius 2 is 1.95 bits per heavy atom. The molecule has 0 unspecified atom stereocenters. The van der Waals surface area contributed by atoms with Crippen LogP contribution in [0.2, 0.25) is 0 Å². The molecule has 1 aliphatic rings. The molecule has 0 aromatic heterocycles. The number of carbonyl (C=O) groups is 1. The third-order valence-electron chi connectivity index (χ3n) is 2.91. The van der Waals surface area contributed by atoms with E-state index in [1.807, 2.05) is 24.3 Å². The van der Waals surface area contributed by atoms with Crippen LogP contribution in [-0.2, 0) is 4.79 Å². The van der Waals surface area contributed by atoms with Gasteiger partial charge in [0.15, 0.2) is 0 Å². The van der Waals surface area contributed by atoms with Gasteiger partial charge in [-0.1, -0.05) is 15.9 Å². The van der Waals surface area contributed by atoms with E-state index >= 15 is 0 Å². The number of ether oxygens (including phenoxy) is 1. The van der Waals surface area contributed by atoms with E-state index in [-0.39, 0.29) is 5.91 Å². The van der Waals surface area contributed by atoms with Crippen LogP contribution in [0, 0.1) is 5.92 Å². The maximum atomic E-state index is 11.3. The lowest BCUT2D eigenvalue weighted by molar-refractivity contribution is -0.122. The number of rotatable bonds is 8. The summed E-state index contributed by atoms with van der Waals surface area (Å²) in [6.07, 6.45) is 2.11. The molecule has 0 heterocycles. The Labute approximate surface area is 122 Å². The van der Waals surface area contributed by atoms with Gasteiger partial charge in [0.25, 0.3) is 0 Å². The van der Waals surface area contributed by atoms with Crippen molar-refractivity contribution in [1.29, 1.82) is 0 Å². The molecular weight excluding hydrogens is 308 g/mol. The maximum Gasteiger partial charge on any atom is 0.223 e. The van der Waals surface area contributed by atoms with Crippen molar-refractivity contribution < 1.29 is 9.53 Å². The van der Waals surface area contributed by atoms with Gasteiger partial charge in [-0.15, -0.1) is 0 Å². The largest absolute Gasteiger partial charge is 0.492 e. The molecule has 0 bridgehead atoms. The highest BCUT2D eigenvalue weighted by Crippen LogP contribution is 2.28. The molecule has 0 spiro atoms. The van der Waals surface area contributed by atoms with Crippen molar-refractivity contribution in [3.63, 3.8) is 0 Å². The zero-order valence-electron chi connectivity index (χ0n) is 10.8. The number of halogens is 1. The van der Waals surface area contributed by atoms with Gasteiger partial charge in [-0.2, -0.15) is 0 Å². The predicted molar refractivity (Wildman–Crippen MR) is 78.2 cm³/mol. The van der Waals surface area contributed by atoms with Gasteiger partial charge in [0.05, 0.1) is 0 Å². The van der Waals surface area contributed by atoms with E-state index in [4.69, 9.17) is 4.74 Å². The summed E-state index contributed by atoms with van der Waals surface area (Å²) in [5.41, 5.74) is 0. The van der Waals surface area contributed by atoms with E-state index in [9.17, 15) is 4.79 Å². The van der Waals surface area contributed by atoms with Crippen LogP contribution in [-0.4, -0.2) is 32.1 Å². The summed E-state index contributed by atoms with van der Waals surface area (Å²) in [5.74, 6) is 1.36. The van der Waals surface area contributed by atoms with Gasteiger partial charge in [0.1, 0.15) is 12.4 Å². The Balaban J connectivity index is 1.45. The summed E-state index contributed by atoms with van der Waals surface area (Å²) in [6.45, 7) is 2.86. The summed E-state index contributed by atoms with van der Waals surface area (Å²) in [7, 11) is 0. The minimum absolute atomic E-state index is 0.202. The summed E-state index contributed by atoms with van der Waals surface area (Å²) in [4.78, 5) is 11.3. The Morgan fingerprint density at radius 1 is 1.21 bits per heavy atom. The number of hydrogen-bond acceptors (Lipinski definition) is 3. The Bertz CT molecular complexity index is 404. The maximum absolute atomic E-state index is 11.3. The molecule has 4 nitrogen and oxygen atoms in total. The molecule has 104 valence electrons. The minimum atomic E-state index is 0.202. The number of nitrogens with one attached hydrogen (secondary N) is 2. The molecule has 1 aliphatic carbocycles. The van der Waals surface area contributed by atoms with Crippen molar-refractivity contribution in [3.05, 3.63) is 28.7 Å². The quantitative estimate of drug-likeness (QED) is 0.718. The third kappa shape index (κ3) is 5.61. The normalized spacial score (nSPS) is 14.2. The van der Waals surface area contributed by atoms with Gasteiger partial charge < -0.3 is 15.4 Å². The van der Waals surface area contributed by atoms with Crippen molar-refractivity contribution in [1.82, 2.24) is 10.6 Å². The Hall–Kier alpha value is -1.07. The molecule has 0 aliphatic heterocycles. The third-order valence-corrected chi connectivity index (χ3v) is 3.44. The van der Waals surface area contributed by atoms with Gasteiger partial charge in [-0.25, -0.2) is 0 Å². The molecule has 2 rings (SSSR count). The van der Waals surface area contributed by atoms with E-state index in [1.54, 1.807) is 0 Å². The second-order valence-electron chi connectivity index (χ2n) is 4.62. The lowest BCUT2D eigenvalue weighted by Gasteiger charge is -2.08. The van der Waals surface area contributed by atoms with Crippen molar-refractivity contribution in [2.75, 3.05) is 26.2 Å². The molecule has 0 atom stereocenters. The summed E-state index contributed by atoms with van der Waals surface area (Å²) < 4.78 is 6.61. The van der Waals surface area contributed by atoms with Crippen LogP contribution in [0.3, 0.4) is 0 Å². The lowest BCUT2D eigenvalue weighted by atomic mass is 10.3. The van der Waals surface area contributed by atoms with E-state index in [0.717, 1.165) is 36.2 Å². The number of amides is 1. The fourth-order valence-electron chi connectivity index (χ4n) is 1.66. The van der Waals surface area contributed by atoms with Crippen molar-refractivity contribution >= 4 is 21.8 Å². The first kappa shape index (κ1) is 14.3. The van der Waals surface area contributed by atoms with Gasteiger partial charge in [-0.3, -0.25) is 4.79 Å². The molecule has 0 radical (unpaired) electrons. The van der Waals surface area contributed by atoms with Crippen LogP contribution in [0.4, 0.5) is 0 Å². The van der Waals surface area contributed by atoms with Crippen molar-refractivity contribution in [2.45, 2.75) is 12.8 Å². The molecule has 1 fully saturated rings. The van der Waals surface area contributed by atoms with Crippen LogP contribution in [0.1, 0.15) is 12.8 Å². The molecule has 19 heavy (non-hydrogen) atoms. The molecule has 5 heteroatoms. The van der Waals surface area contributed by atoms with Crippen LogP contribution in [0.15, 0.2) is 28.7 Å². The van der Waals surface area contributed by atoms with Crippen LogP contribution < -0.4 is 15.4 Å². The van der Waals surface area contributed by atoms with E-state index in [1.165, 1.54) is 0 Å².